The zero-order chi connectivity index (χ0) is 18.8. The average Bonchev–Trinajstić information content (AvgIpc) is 3.05. The second-order valence-corrected chi connectivity index (χ2v) is 6.69. The van der Waals surface area contributed by atoms with Gasteiger partial charge in [-0.3, -0.25) is 9.79 Å². The van der Waals surface area contributed by atoms with Crippen LogP contribution in [0.4, 0.5) is 0 Å². The molecule has 27 heavy (non-hydrogen) atoms. The molecule has 1 aromatic carbocycles. The molecular formula is C20H32IN3O3. The van der Waals surface area contributed by atoms with Gasteiger partial charge in [0.15, 0.2) is 5.96 Å². The van der Waals surface area contributed by atoms with Gasteiger partial charge in [-0.2, -0.15) is 0 Å². The van der Waals surface area contributed by atoms with Crippen molar-refractivity contribution in [3.8, 4) is 0 Å². The molecular weight excluding hydrogens is 457 g/mol. The van der Waals surface area contributed by atoms with Crippen LogP contribution in [0.25, 0.3) is 0 Å². The molecule has 152 valence electrons. The number of aliphatic imine (C=N–C) groups is 1. The average molecular weight is 489 g/mol. The van der Waals surface area contributed by atoms with E-state index in [1.54, 1.807) is 7.05 Å². The molecule has 7 heteroatoms. The summed E-state index contributed by atoms with van der Waals surface area (Å²) in [5, 5.41) is 3.36. The maximum Gasteiger partial charge on any atom is 0.310 e. The van der Waals surface area contributed by atoms with Gasteiger partial charge in [-0.1, -0.05) is 37.3 Å². The molecule has 1 heterocycles. The number of carbonyl (C=O) groups is 1. The summed E-state index contributed by atoms with van der Waals surface area (Å²) in [6.45, 7) is 5.80. The van der Waals surface area contributed by atoms with Gasteiger partial charge in [0.25, 0.3) is 0 Å². The Morgan fingerprint density at radius 3 is 2.67 bits per heavy atom. The van der Waals surface area contributed by atoms with Crippen molar-refractivity contribution in [2.75, 3.05) is 47.0 Å². The molecule has 2 rings (SSSR count). The fourth-order valence-corrected chi connectivity index (χ4v) is 3.24. The summed E-state index contributed by atoms with van der Waals surface area (Å²) in [4.78, 5) is 18.3. The van der Waals surface area contributed by atoms with Crippen molar-refractivity contribution >= 4 is 35.9 Å². The largest absolute Gasteiger partial charge is 0.469 e. The normalized spacial score (nSPS) is 19.5. The van der Waals surface area contributed by atoms with Crippen LogP contribution in [-0.2, 0) is 20.7 Å². The predicted octanol–water partition coefficient (Wildman–Crippen LogP) is 2.57. The summed E-state index contributed by atoms with van der Waals surface area (Å²) in [5.74, 6) is 0.886. The molecule has 2 unspecified atom stereocenters. The van der Waals surface area contributed by atoms with E-state index < -0.39 is 0 Å². The van der Waals surface area contributed by atoms with Crippen molar-refractivity contribution in [3.63, 3.8) is 0 Å². The van der Waals surface area contributed by atoms with Gasteiger partial charge in [0.1, 0.15) is 0 Å². The van der Waals surface area contributed by atoms with Crippen LogP contribution < -0.4 is 5.32 Å². The lowest BCUT2D eigenvalue weighted by atomic mass is 9.99. The zero-order valence-electron chi connectivity index (χ0n) is 16.5. The molecule has 1 aromatic rings. The van der Waals surface area contributed by atoms with Gasteiger partial charge in [0, 0.05) is 33.3 Å². The number of rotatable bonds is 8. The molecule has 1 aliphatic rings. The number of ether oxygens (including phenoxy) is 2. The second-order valence-electron chi connectivity index (χ2n) is 6.69. The number of nitrogens with one attached hydrogen (secondary N) is 1. The molecule has 1 aliphatic heterocycles. The van der Waals surface area contributed by atoms with E-state index in [2.05, 4.69) is 46.4 Å². The maximum absolute atomic E-state index is 11.8. The standard InChI is InChI=1S/C20H31N3O3.HI/c1-16-14-23(15-18(16)19(24)25-3)20(21-2)22-11-7-12-26-13-10-17-8-5-4-6-9-17;/h4-6,8-9,16,18H,7,10-15H2,1-3H3,(H,21,22);1H. The smallest absolute Gasteiger partial charge is 0.310 e. The predicted molar refractivity (Wildman–Crippen MR) is 119 cm³/mol. The maximum atomic E-state index is 11.8. The lowest BCUT2D eigenvalue weighted by Crippen LogP contribution is -2.41. The minimum absolute atomic E-state index is 0. The van der Waals surface area contributed by atoms with Gasteiger partial charge in [-0.15, -0.1) is 24.0 Å². The number of halogens is 1. The lowest BCUT2D eigenvalue weighted by Gasteiger charge is -2.21. The Balaban J connectivity index is 0.00000364. The molecule has 0 saturated carbocycles. The first-order valence-corrected chi connectivity index (χ1v) is 9.30. The van der Waals surface area contributed by atoms with E-state index in [1.807, 2.05) is 6.07 Å². The van der Waals surface area contributed by atoms with Crippen LogP contribution in [0.2, 0.25) is 0 Å². The molecule has 0 amide bonds. The first kappa shape index (κ1) is 23.7. The van der Waals surface area contributed by atoms with Crippen molar-refractivity contribution in [2.24, 2.45) is 16.8 Å². The monoisotopic (exact) mass is 489 g/mol. The van der Waals surface area contributed by atoms with Crippen molar-refractivity contribution in [1.29, 1.82) is 0 Å². The fraction of sp³-hybridized carbons (Fsp3) is 0.600. The minimum atomic E-state index is -0.137. The van der Waals surface area contributed by atoms with E-state index in [4.69, 9.17) is 9.47 Å². The topological polar surface area (TPSA) is 63.2 Å². The third-order valence-corrected chi connectivity index (χ3v) is 4.75. The molecule has 1 N–H and O–H groups in total. The lowest BCUT2D eigenvalue weighted by molar-refractivity contribution is -0.145. The van der Waals surface area contributed by atoms with E-state index in [0.717, 1.165) is 45.1 Å². The van der Waals surface area contributed by atoms with E-state index in [1.165, 1.54) is 12.7 Å². The van der Waals surface area contributed by atoms with Crippen molar-refractivity contribution < 1.29 is 14.3 Å². The van der Waals surface area contributed by atoms with Crippen molar-refractivity contribution in [3.05, 3.63) is 35.9 Å². The number of benzene rings is 1. The third-order valence-electron chi connectivity index (χ3n) is 4.75. The summed E-state index contributed by atoms with van der Waals surface area (Å²) >= 11 is 0. The first-order chi connectivity index (χ1) is 12.7. The Morgan fingerprint density at radius 2 is 2.00 bits per heavy atom. The number of methoxy groups -OCH3 is 1. The van der Waals surface area contributed by atoms with Gasteiger partial charge in [-0.25, -0.2) is 0 Å². The quantitative estimate of drug-likeness (QED) is 0.200. The summed E-state index contributed by atoms with van der Waals surface area (Å²) in [6, 6.07) is 10.4. The van der Waals surface area contributed by atoms with Gasteiger partial charge in [-0.05, 0) is 24.3 Å². The Kier molecular flexibility index (Phi) is 11.3. The Morgan fingerprint density at radius 1 is 1.26 bits per heavy atom. The number of guanidine groups is 1. The molecule has 1 fully saturated rings. The molecule has 2 atom stereocenters. The number of nitrogens with zero attached hydrogens (tertiary/aromatic N) is 2. The summed E-state index contributed by atoms with van der Waals surface area (Å²) in [7, 11) is 3.22. The van der Waals surface area contributed by atoms with Gasteiger partial charge < -0.3 is 19.7 Å². The molecule has 0 aromatic heterocycles. The van der Waals surface area contributed by atoms with E-state index >= 15 is 0 Å². The van der Waals surface area contributed by atoms with Crippen molar-refractivity contribution in [2.45, 2.75) is 19.8 Å². The van der Waals surface area contributed by atoms with E-state index in [9.17, 15) is 4.79 Å². The molecule has 1 saturated heterocycles. The second kappa shape index (κ2) is 12.9. The van der Waals surface area contributed by atoms with E-state index in [0.29, 0.717) is 6.54 Å². The number of esters is 1. The van der Waals surface area contributed by atoms with Crippen LogP contribution in [-0.4, -0.2) is 63.8 Å². The summed E-state index contributed by atoms with van der Waals surface area (Å²) in [6.07, 6.45) is 1.86. The van der Waals surface area contributed by atoms with Crippen molar-refractivity contribution in [1.82, 2.24) is 10.2 Å². The van der Waals surface area contributed by atoms with E-state index in [-0.39, 0.29) is 41.8 Å². The highest BCUT2D eigenvalue weighted by Crippen LogP contribution is 2.23. The highest BCUT2D eigenvalue weighted by molar-refractivity contribution is 14.0. The Bertz CT molecular complexity index is 583. The van der Waals surface area contributed by atoms with Crippen LogP contribution in [0.5, 0.6) is 0 Å². The van der Waals surface area contributed by atoms with Gasteiger partial charge in [0.2, 0.25) is 0 Å². The van der Waals surface area contributed by atoms with Crippen LogP contribution in [0.15, 0.2) is 35.3 Å². The summed E-state index contributed by atoms with van der Waals surface area (Å²) < 4.78 is 10.6. The SMILES string of the molecule is CN=C(NCCCOCCc1ccccc1)N1CC(C)C(C(=O)OC)C1.I. The Labute approximate surface area is 179 Å². The summed E-state index contributed by atoms with van der Waals surface area (Å²) in [5.41, 5.74) is 1.30. The molecule has 0 spiro atoms. The zero-order valence-corrected chi connectivity index (χ0v) is 18.8. The molecule has 0 aliphatic carbocycles. The molecule has 0 radical (unpaired) electrons. The molecule has 6 nitrogen and oxygen atoms in total. The third kappa shape index (κ3) is 7.65. The number of likely N-dealkylation sites (tertiary alicyclic amines) is 1. The highest BCUT2D eigenvalue weighted by Gasteiger charge is 2.36. The fourth-order valence-electron chi connectivity index (χ4n) is 3.24. The van der Waals surface area contributed by atoms with Crippen LogP contribution in [0.1, 0.15) is 18.9 Å². The number of hydrogen-bond acceptors (Lipinski definition) is 4. The Hall–Kier alpha value is -1.35. The van der Waals surface area contributed by atoms with Crippen LogP contribution in [0, 0.1) is 11.8 Å². The van der Waals surface area contributed by atoms with Gasteiger partial charge >= 0.3 is 5.97 Å². The highest BCUT2D eigenvalue weighted by atomic mass is 127. The number of hydrogen-bond donors (Lipinski definition) is 1. The number of carbonyl (C=O) groups excluding carboxylic acids is 1. The minimum Gasteiger partial charge on any atom is -0.469 e. The van der Waals surface area contributed by atoms with Crippen LogP contribution >= 0.6 is 24.0 Å². The van der Waals surface area contributed by atoms with Gasteiger partial charge in [0.05, 0.1) is 19.6 Å². The first-order valence-electron chi connectivity index (χ1n) is 9.30. The van der Waals surface area contributed by atoms with Crippen LogP contribution in [0.3, 0.4) is 0 Å². The molecule has 0 bridgehead atoms.